The highest BCUT2D eigenvalue weighted by Crippen LogP contribution is 2.21. The van der Waals surface area contributed by atoms with Crippen molar-refractivity contribution >= 4 is 0 Å². The molecule has 1 aromatic rings. The molecule has 1 saturated heterocycles. The van der Waals surface area contributed by atoms with Crippen LogP contribution < -0.4 is 5.73 Å². The molecule has 2 atom stereocenters. The predicted molar refractivity (Wildman–Crippen MR) is 65.1 cm³/mol. The first-order valence-electron chi connectivity index (χ1n) is 6.24. The highest BCUT2D eigenvalue weighted by molar-refractivity contribution is 5.07. The molecule has 1 fully saturated rings. The molecule has 2 rings (SSSR count). The molecule has 2 heterocycles. The van der Waals surface area contributed by atoms with Gasteiger partial charge >= 0.3 is 0 Å². The van der Waals surface area contributed by atoms with Crippen LogP contribution in [-0.2, 0) is 13.0 Å². The monoisotopic (exact) mass is 222 g/mol. The summed E-state index contributed by atoms with van der Waals surface area (Å²) in [6, 6.07) is 4.49. The summed E-state index contributed by atoms with van der Waals surface area (Å²) < 4.78 is 5.72. The minimum atomic E-state index is 0.313. The maximum absolute atomic E-state index is 5.93. The first kappa shape index (κ1) is 11.7. The fourth-order valence-electron chi connectivity index (χ4n) is 2.35. The third-order valence-electron chi connectivity index (χ3n) is 3.50. The lowest BCUT2D eigenvalue weighted by atomic mass is 10.0. The Morgan fingerprint density at radius 2 is 2.25 bits per heavy atom. The van der Waals surface area contributed by atoms with Crippen molar-refractivity contribution in [2.45, 2.75) is 39.3 Å². The first-order valence-corrected chi connectivity index (χ1v) is 6.24. The Balaban J connectivity index is 1.87. The zero-order valence-corrected chi connectivity index (χ0v) is 10.3. The normalized spacial score (nSPS) is 23.8. The number of hydrogen-bond acceptors (Lipinski definition) is 3. The minimum Gasteiger partial charge on any atom is -0.465 e. The summed E-state index contributed by atoms with van der Waals surface area (Å²) in [6.45, 7) is 7.41. The highest BCUT2D eigenvalue weighted by Gasteiger charge is 2.25. The number of nitrogens with zero attached hydrogens (tertiary/aromatic N) is 1. The molecule has 0 aromatic carbocycles. The van der Waals surface area contributed by atoms with E-state index in [1.807, 2.05) is 0 Å². The van der Waals surface area contributed by atoms with Gasteiger partial charge < -0.3 is 10.2 Å². The van der Waals surface area contributed by atoms with Crippen LogP contribution in [0.3, 0.4) is 0 Å². The molecule has 0 amide bonds. The Labute approximate surface area is 97.6 Å². The van der Waals surface area contributed by atoms with Gasteiger partial charge in [0.25, 0.3) is 0 Å². The van der Waals surface area contributed by atoms with Crippen LogP contribution in [0.2, 0.25) is 0 Å². The van der Waals surface area contributed by atoms with E-state index in [2.05, 4.69) is 30.9 Å². The van der Waals surface area contributed by atoms with Gasteiger partial charge in [0.1, 0.15) is 11.5 Å². The number of furan rings is 1. The summed E-state index contributed by atoms with van der Waals surface area (Å²) in [4.78, 5) is 2.44. The number of nitrogens with two attached hydrogens (primary N) is 1. The van der Waals surface area contributed by atoms with Crippen molar-refractivity contribution in [3.63, 3.8) is 0 Å². The summed E-state index contributed by atoms with van der Waals surface area (Å²) in [7, 11) is 0. The van der Waals surface area contributed by atoms with Crippen molar-refractivity contribution in [2.24, 2.45) is 11.7 Å². The third-order valence-corrected chi connectivity index (χ3v) is 3.50. The van der Waals surface area contributed by atoms with Gasteiger partial charge in [-0.1, -0.05) is 6.92 Å². The van der Waals surface area contributed by atoms with Gasteiger partial charge in [0.05, 0.1) is 6.54 Å². The lowest BCUT2D eigenvalue weighted by molar-refractivity contribution is 0.278. The van der Waals surface area contributed by atoms with Crippen molar-refractivity contribution in [3.05, 3.63) is 23.7 Å². The molecule has 16 heavy (non-hydrogen) atoms. The summed E-state index contributed by atoms with van der Waals surface area (Å²) in [5, 5.41) is 0. The Bertz CT molecular complexity index is 332. The topological polar surface area (TPSA) is 42.4 Å². The average molecular weight is 222 g/mol. The molecule has 3 heteroatoms. The van der Waals surface area contributed by atoms with Crippen molar-refractivity contribution in [1.82, 2.24) is 4.90 Å². The molecule has 2 unspecified atom stereocenters. The van der Waals surface area contributed by atoms with Gasteiger partial charge in [-0.05, 0) is 37.9 Å². The number of likely N-dealkylation sites (tertiary alicyclic amines) is 1. The van der Waals surface area contributed by atoms with Gasteiger partial charge in [0.15, 0.2) is 0 Å². The van der Waals surface area contributed by atoms with Crippen LogP contribution in [0.1, 0.15) is 31.8 Å². The van der Waals surface area contributed by atoms with Gasteiger partial charge in [-0.15, -0.1) is 0 Å². The second kappa shape index (κ2) is 5.02. The van der Waals surface area contributed by atoms with Crippen molar-refractivity contribution < 1.29 is 4.42 Å². The third kappa shape index (κ3) is 2.66. The SMILES string of the molecule is CCc1ccc(CN2CCC(C(C)N)C2)o1. The molecule has 2 N–H and O–H groups in total. The largest absolute Gasteiger partial charge is 0.465 e. The molecule has 0 radical (unpaired) electrons. The van der Waals surface area contributed by atoms with Crippen LogP contribution in [0.4, 0.5) is 0 Å². The molecule has 0 saturated carbocycles. The maximum atomic E-state index is 5.93. The molecule has 0 spiro atoms. The van der Waals surface area contributed by atoms with Gasteiger partial charge in [-0.25, -0.2) is 0 Å². The molecule has 1 aromatic heterocycles. The maximum Gasteiger partial charge on any atom is 0.118 e. The Hall–Kier alpha value is -0.800. The van der Waals surface area contributed by atoms with E-state index in [0.29, 0.717) is 12.0 Å². The van der Waals surface area contributed by atoms with E-state index in [9.17, 15) is 0 Å². The zero-order chi connectivity index (χ0) is 11.5. The fourth-order valence-corrected chi connectivity index (χ4v) is 2.35. The van der Waals surface area contributed by atoms with Gasteiger partial charge in [-0.3, -0.25) is 4.90 Å². The van der Waals surface area contributed by atoms with E-state index in [0.717, 1.165) is 37.6 Å². The standard InChI is InChI=1S/C13H22N2O/c1-3-12-4-5-13(16-12)9-15-7-6-11(8-15)10(2)14/h4-5,10-11H,3,6-9,14H2,1-2H3. The number of hydrogen-bond donors (Lipinski definition) is 1. The molecular weight excluding hydrogens is 200 g/mol. The van der Waals surface area contributed by atoms with Crippen molar-refractivity contribution in [1.29, 1.82) is 0 Å². The van der Waals surface area contributed by atoms with Crippen molar-refractivity contribution in [3.8, 4) is 0 Å². The second-order valence-corrected chi connectivity index (χ2v) is 4.86. The molecule has 0 aliphatic carbocycles. The molecule has 1 aliphatic rings. The van der Waals surface area contributed by atoms with E-state index in [4.69, 9.17) is 10.2 Å². The molecule has 1 aliphatic heterocycles. The van der Waals surface area contributed by atoms with Crippen LogP contribution in [0.5, 0.6) is 0 Å². The summed E-state index contributed by atoms with van der Waals surface area (Å²) in [5.74, 6) is 2.82. The predicted octanol–water partition coefficient (Wildman–Crippen LogP) is 2.01. The van der Waals surface area contributed by atoms with Crippen LogP contribution in [0.15, 0.2) is 16.5 Å². The van der Waals surface area contributed by atoms with Gasteiger partial charge in [0.2, 0.25) is 0 Å². The van der Waals surface area contributed by atoms with Crippen molar-refractivity contribution in [2.75, 3.05) is 13.1 Å². The minimum absolute atomic E-state index is 0.313. The lowest BCUT2D eigenvalue weighted by Crippen LogP contribution is -2.29. The van der Waals surface area contributed by atoms with E-state index in [1.165, 1.54) is 6.42 Å². The van der Waals surface area contributed by atoms with Crippen LogP contribution in [-0.4, -0.2) is 24.0 Å². The second-order valence-electron chi connectivity index (χ2n) is 4.86. The fraction of sp³-hybridized carbons (Fsp3) is 0.692. The van der Waals surface area contributed by atoms with Gasteiger partial charge in [0, 0.05) is 19.0 Å². The van der Waals surface area contributed by atoms with Gasteiger partial charge in [-0.2, -0.15) is 0 Å². The lowest BCUT2D eigenvalue weighted by Gasteiger charge is -2.16. The van der Waals surface area contributed by atoms with E-state index in [1.54, 1.807) is 0 Å². The molecular formula is C13H22N2O. The first-order chi connectivity index (χ1) is 7.69. The number of aryl methyl sites for hydroxylation is 1. The molecule has 0 bridgehead atoms. The summed E-state index contributed by atoms with van der Waals surface area (Å²) in [6.07, 6.45) is 2.20. The zero-order valence-electron chi connectivity index (χ0n) is 10.3. The van der Waals surface area contributed by atoms with E-state index in [-0.39, 0.29) is 0 Å². The Kier molecular flexibility index (Phi) is 3.66. The Morgan fingerprint density at radius 1 is 1.50 bits per heavy atom. The average Bonchev–Trinajstić information content (AvgIpc) is 2.87. The Morgan fingerprint density at radius 3 is 2.81 bits per heavy atom. The van der Waals surface area contributed by atoms with E-state index >= 15 is 0 Å². The van der Waals surface area contributed by atoms with Crippen LogP contribution >= 0.6 is 0 Å². The number of rotatable bonds is 4. The van der Waals surface area contributed by atoms with Crippen LogP contribution in [0, 0.1) is 5.92 Å². The summed E-state index contributed by atoms with van der Waals surface area (Å²) >= 11 is 0. The summed E-state index contributed by atoms with van der Waals surface area (Å²) in [5.41, 5.74) is 5.93. The highest BCUT2D eigenvalue weighted by atomic mass is 16.3. The molecule has 3 nitrogen and oxygen atoms in total. The van der Waals surface area contributed by atoms with Crippen LogP contribution in [0.25, 0.3) is 0 Å². The quantitative estimate of drug-likeness (QED) is 0.847. The molecule has 90 valence electrons. The smallest absolute Gasteiger partial charge is 0.118 e. The van der Waals surface area contributed by atoms with E-state index < -0.39 is 0 Å².